The Hall–Kier alpha value is -2.49. The average molecular weight is 365 g/mol. The van der Waals surface area contributed by atoms with Crippen molar-refractivity contribution in [2.75, 3.05) is 31.6 Å². The van der Waals surface area contributed by atoms with E-state index in [4.69, 9.17) is 0 Å². The number of hydrogen-bond donors (Lipinski definition) is 2. The van der Waals surface area contributed by atoms with Gasteiger partial charge in [0.15, 0.2) is 5.96 Å². The average Bonchev–Trinajstić information content (AvgIpc) is 2.68. The zero-order valence-corrected chi connectivity index (χ0v) is 16.8. The number of piperidine rings is 1. The summed E-state index contributed by atoms with van der Waals surface area (Å²) in [7, 11) is 1.85. The van der Waals surface area contributed by atoms with Crippen molar-refractivity contribution in [2.45, 2.75) is 39.2 Å². The Balaban J connectivity index is 1.43. The second-order valence-corrected chi connectivity index (χ2v) is 7.49. The number of hydrogen-bond acceptors (Lipinski definition) is 2. The summed E-state index contributed by atoms with van der Waals surface area (Å²) in [5.41, 5.74) is 5.37. The lowest BCUT2D eigenvalue weighted by Crippen LogP contribution is -2.49. The zero-order valence-electron chi connectivity index (χ0n) is 16.8. The first kappa shape index (κ1) is 19.3. The monoisotopic (exact) mass is 364 g/mol. The molecular weight excluding hydrogens is 332 g/mol. The van der Waals surface area contributed by atoms with E-state index in [2.05, 4.69) is 82.9 Å². The third kappa shape index (κ3) is 5.75. The van der Waals surface area contributed by atoms with Crippen LogP contribution in [0.1, 0.15) is 29.5 Å². The summed E-state index contributed by atoms with van der Waals surface area (Å²) in [6, 6.07) is 17.9. The molecule has 0 bridgehead atoms. The lowest BCUT2D eigenvalue weighted by molar-refractivity contribution is 0.461. The highest BCUT2D eigenvalue weighted by Crippen LogP contribution is 2.19. The van der Waals surface area contributed by atoms with E-state index in [1.54, 1.807) is 0 Å². The molecular formula is C23H32N4. The SMILES string of the molecule is CN=C(NCCc1cc(C)cc(C)c1)NC1CCN(c2ccccc2)CC1. The predicted molar refractivity (Wildman–Crippen MR) is 116 cm³/mol. The van der Waals surface area contributed by atoms with Crippen molar-refractivity contribution in [3.8, 4) is 0 Å². The molecule has 0 amide bonds. The summed E-state index contributed by atoms with van der Waals surface area (Å²) in [5, 5.41) is 7.07. The van der Waals surface area contributed by atoms with Gasteiger partial charge in [-0.1, -0.05) is 47.5 Å². The molecule has 3 rings (SSSR count). The fourth-order valence-corrected chi connectivity index (χ4v) is 3.85. The highest BCUT2D eigenvalue weighted by atomic mass is 15.2. The minimum Gasteiger partial charge on any atom is -0.371 e. The minimum absolute atomic E-state index is 0.484. The molecule has 0 atom stereocenters. The van der Waals surface area contributed by atoms with Crippen molar-refractivity contribution in [1.29, 1.82) is 0 Å². The van der Waals surface area contributed by atoms with Crippen LogP contribution in [0, 0.1) is 13.8 Å². The largest absolute Gasteiger partial charge is 0.371 e. The van der Waals surface area contributed by atoms with Gasteiger partial charge >= 0.3 is 0 Å². The minimum atomic E-state index is 0.484. The number of rotatable bonds is 5. The number of para-hydroxylation sites is 1. The van der Waals surface area contributed by atoms with Gasteiger partial charge in [-0.25, -0.2) is 0 Å². The van der Waals surface area contributed by atoms with E-state index in [0.29, 0.717) is 6.04 Å². The molecule has 0 saturated carbocycles. The first-order valence-corrected chi connectivity index (χ1v) is 9.98. The van der Waals surface area contributed by atoms with Crippen LogP contribution in [0.3, 0.4) is 0 Å². The Morgan fingerprint density at radius 1 is 1.04 bits per heavy atom. The third-order valence-corrected chi connectivity index (χ3v) is 5.17. The topological polar surface area (TPSA) is 39.7 Å². The highest BCUT2D eigenvalue weighted by molar-refractivity contribution is 5.80. The van der Waals surface area contributed by atoms with Crippen molar-refractivity contribution in [2.24, 2.45) is 4.99 Å². The van der Waals surface area contributed by atoms with Crippen molar-refractivity contribution >= 4 is 11.6 Å². The van der Waals surface area contributed by atoms with Crippen LogP contribution >= 0.6 is 0 Å². The second kappa shape index (κ2) is 9.45. The standard InChI is InChI=1S/C23H32N4/c1-18-15-19(2)17-20(16-18)9-12-25-23(24-3)26-21-10-13-27(14-11-21)22-7-5-4-6-8-22/h4-8,15-17,21H,9-14H2,1-3H3,(H2,24,25,26). The number of anilines is 1. The molecule has 2 N–H and O–H groups in total. The Morgan fingerprint density at radius 2 is 1.70 bits per heavy atom. The molecule has 27 heavy (non-hydrogen) atoms. The summed E-state index contributed by atoms with van der Waals surface area (Å²) in [6.07, 6.45) is 3.27. The van der Waals surface area contributed by atoms with Crippen molar-refractivity contribution < 1.29 is 0 Å². The van der Waals surface area contributed by atoms with Crippen LogP contribution in [-0.4, -0.2) is 38.7 Å². The molecule has 0 unspecified atom stereocenters. The Kier molecular flexibility index (Phi) is 6.74. The van der Waals surface area contributed by atoms with E-state index in [1.807, 2.05) is 7.05 Å². The van der Waals surface area contributed by atoms with Gasteiger partial charge in [-0.3, -0.25) is 4.99 Å². The molecule has 0 aromatic heterocycles. The van der Waals surface area contributed by atoms with Crippen LogP contribution in [-0.2, 0) is 6.42 Å². The molecule has 4 heteroatoms. The quantitative estimate of drug-likeness (QED) is 0.628. The summed E-state index contributed by atoms with van der Waals surface area (Å²) in [6.45, 7) is 7.38. The molecule has 0 aliphatic carbocycles. The molecule has 2 aromatic carbocycles. The number of aliphatic imine (C=N–C) groups is 1. The Bertz CT molecular complexity index is 726. The van der Waals surface area contributed by atoms with E-state index in [0.717, 1.165) is 44.9 Å². The van der Waals surface area contributed by atoms with Gasteiger partial charge in [-0.2, -0.15) is 0 Å². The van der Waals surface area contributed by atoms with Gasteiger partial charge in [0.1, 0.15) is 0 Å². The maximum atomic E-state index is 4.41. The van der Waals surface area contributed by atoms with E-state index in [-0.39, 0.29) is 0 Å². The molecule has 0 radical (unpaired) electrons. The molecule has 2 aromatic rings. The summed E-state index contributed by atoms with van der Waals surface area (Å²) in [4.78, 5) is 6.87. The molecule has 1 fully saturated rings. The first-order chi connectivity index (χ1) is 13.1. The van der Waals surface area contributed by atoms with Crippen molar-refractivity contribution in [1.82, 2.24) is 10.6 Å². The van der Waals surface area contributed by atoms with E-state index >= 15 is 0 Å². The van der Waals surface area contributed by atoms with Gasteiger partial charge < -0.3 is 15.5 Å². The second-order valence-electron chi connectivity index (χ2n) is 7.49. The normalized spacial score (nSPS) is 15.7. The summed E-state index contributed by atoms with van der Waals surface area (Å²) in [5.74, 6) is 0.914. The molecule has 1 aliphatic rings. The fraction of sp³-hybridized carbons (Fsp3) is 0.435. The van der Waals surface area contributed by atoms with Crippen LogP contribution in [0.2, 0.25) is 0 Å². The lowest BCUT2D eigenvalue weighted by Gasteiger charge is -2.34. The van der Waals surface area contributed by atoms with Gasteiger partial charge in [0, 0.05) is 38.4 Å². The molecule has 144 valence electrons. The van der Waals surface area contributed by atoms with Crippen LogP contribution in [0.15, 0.2) is 53.5 Å². The van der Waals surface area contributed by atoms with E-state index < -0.39 is 0 Å². The summed E-state index contributed by atoms with van der Waals surface area (Å²) >= 11 is 0. The van der Waals surface area contributed by atoms with Crippen molar-refractivity contribution in [3.63, 3.8) is 0 Å². The molecule has 1 heterocycles. The van der Waals surface area contributed by atoms with Crippen LogP contribution in [0.25, 0.3) is 0 Å². The highest BCUT2D eigenvalue weighted by Gasteiger charge is 2.20. The number of nitrogens with one attached hydrogen (secondary N) is 2. The molecule has 0 spiro atoms. The zero-order chi connectivity index (χ0) is 19.1. The van der Waals surface area contributed by atoms with Crippen LogP contribution in [0.4, 0.5) is 5.69 Å². The summed E-state index contributed by atoms with van der Waals surface area (Å²) < 4.78 is 0. The fourth-order valence-electron chi connectivity index (χ4n) is 3.85. The predicted octanol–water partition coefficient (Wildman–Crippen LogP) is 3.68. The lowest BCUT2D eigenvalue weighted by atomic mass is 10.0. The maximum absolute atomic E-state index is 4.41. The molecule has 1 saturated heterocycles. The number of guanidine groups is 1. The Morgan fingerprint density at radius 3 is 2.33 bits per heavy atom. The van der Waals surface area contributed by atoms with Gasteiger partial charge in [0.25, 0.3) is 0 Å². The van der Waals surface area contributed by atoms with Crippen molar-refractivity contribution in [3.05, 3.63) is 65.2 Å². The van der Waals surface area contributed by atoms with Gasteiger partial charge in [-0.05, 0) is 50.8 Å². The molecule has 4 nitrogen and oxygen atoms in total. The first-order valence-electron chi connectivity index (χ1n) is 9.98. The van der Waals surface area contributed by atoms with E-state index in [1.165, 1.54) is 22.4 Å². The number of nitrogens with zero attached hydrogens (tertiary/aromatic N) is 2. The van der Waals surface area contributed by atoms with Crippen LogP contribution in [0.5, 0.6) is 0 Å². The number of aryl methyl sites for hydroxylation is 2. The molecule has 1 aliphatic heterocycles. The van der Waals surface area contributed by atoms with Gasteiger partial charge in [-0.15, -0.1) is 0 Å². The maximum Gasteiger partial charge on any atom is 0.191 e. The van der Waals surface area contributed by atoms with Crippen LogP contribution < -0.4 is 15.5 Å². The smallest absolute Gasteiger partial charge is 0.191 e. The Labute approximate surface area is 163 Å². The third-order valence-electron chi connectivity index (χ3n) is 5.17. The van der Waals surface area contributed by atoms with Gasteiger partial charge in [0.05, 0.1) is 0 Å². The number of benzene rings is 2. The van der Waals surface area contributed by atoms with E-state index in [9.17, 15) is 0 Å². The van der Waals surface area contributed by atoms with Gasteiger partial charge in [0.2, 0.25) is 0 Å².